The molecule has 0 aromatic heterocycles. The van der Waals surface area contributed by atoms with Crippen LogP contribution in [0.5, 0.6) is 0 Å². The number of hydrogen-bond donors (Lipinski definition) is 2. The van der Waals surface area contributed by atoms with Gasteiger partial charge in [-0.05, 0) is 49.3 Å². The number of rotatable bonds is 5. The Morgan fingerprint density at radius 3 is 2.53 bits per heavy atom. The standard InChI is InChI=1S/C14H22N2O2S/c1-3-14(7-4-8-14)10-16-19(17,18)13-6-5-11(2)9-12(13)15/h5-6,9,16H,3-4,7-8,10,15H2,1-2H3. The van der Waals surface area contributed by atoms with Crippen molar-refractivity contribution in [2.45, 2.75) is 44.4 Å². The molecule has 1 saturated carbocycles. The van der Waals surface area contributed by atoms with Gasteiger partial charge in [-0.25, -0.2) is 13.1 Å². The van der Waals surface area contributed by atoms with Gasteiger partial charge in [-0.2, -0.15) is 0 Å². The Balaban J connectivity index is 2.14. The van der Waals surface area contributed by atoms with Crippen LogP contribution in [0.3, 0.4) is 0 Å². The maximum Gasteiger partial charge on any atom is 0.242 e. The fourth-order valence-electron chi connectivity index (χ4n) is 2.57. The first-order valence-electron chi connectivity index (χ1n) is 6.74. The third-order valence-corrected chi connectivity index (χ3v) is 5.73. The van der Waals surface area contributed by atoms with Crippen molar-refractivity contribution in [2.24, 2.45) is 5.41 Å². The number of hydrogen-bond acceptors (Lipinski definition) is 3. The molecule has 1 fully saturated rings. The van der Waals surface area contributed by atoms with Crippen molar-refractivity contribution in [3.8, 4) is 0 Å². The van der Waals surface area contributed by atoms with Gasteiger partial charge in [-0.3, -0.25) is 0 Å². The predicted molar refractivity (Wildman–Crippen MR) is 77.4 cm³/mol. The lowest BCUT2D eigenvalue weighted by atomic mass is 9.67. The maximum absolute atomic E-state index is 12.3. The van der Waals surface area contributed by atoms with E-state index in [1.807, 2.05) is 6.92 Å². The average molecular weight is 282 g/mol. The highest BCUT2D eigenvalue weighted by Crippen LogP contribution is 2.43. The summed E-state index contributed by atoms with van der Waals surface area (Å²) in [6.45, 7) is 4.52. The van der Waals surface area contributed by atoms with Gasteiger partial charge in [0.05, 0.1) is 5.69 Å². The van der Waals surface area contributed by atoms with Crippen LogP contribution in [0.1, 0.15) is 38.2 Å². The van der Waals surface area contributed by atoms with Crippen LogP contribution < -0.4 is 10.5 Å². The van der Waals surface area contributed by atoms with E-state index in [2.05, 4.69) is 11.6 Å². The number of nitrogen functional groups attached to an aromatic ring is 1. The van der Waals surface area contributed by atoms with Gasteiger partial charge in [-0.1, -0.05) is 19.4 Å². The zero-order valence-electron chi connectivity index (χ0n) is 11.6. The van der Waals surface area contributed by atoms with Crippen molar-refractivity contribution < 1.29 is 8.42 Å². The number of nitrogens with two attached hydrogens (primary N) is 1. The predicted octanol–water partition coefficient (Wildman–Crippen LogP) is 2.44. The summed E-state index contributed by atoms with van der Waals surface area (Å²) < 4.78 is 27.3. The summed E-state index contributed by atoms with van der Waals surface area (Å²) in [5, 5.41) is 0. The molecule has 0 radical (unpaired) electrons. The zero-order chi connectivity index (χ0) is 14.1. The highest BCUT2D eigenvalue weighted by Gasteiger charge is 2.36. The topological polar surface area (TPSA) is 72.2 Å². The summed E-state index contributed by atoms with van der Waals surface area (Å²) in [6.07, 6.45) is 4.42. The molecule has 5 heteroatoms. The maximum atomic E-state index is 12.3. The molecule has 19 heavy (non-hydrogen) atoms. The molecule has 0 saturated heterocycles. The molecule has 2 rings (SSSR count). The molecule has 0 bridgehead atoms. The van der Waals surface area contributed by atoms with Gasteiger partial charge in [0, 0.05) is 6.54 Å². The fraction of sp³-hybridized carbons (Fsp3) is 0.571. The van der Waals surface area contributed by atoms with Crippen LogP contribution in [0, 0.1) is 12.3 Å². The molecule has 0 heterocycles. The minimum Gasteiger partial charge on any atom is -0.398 e. The SMILES string of the molecule is CCC1(CNS(=O)(=O)c2ccc(C)cc2N)CCC1. The highest BCUT2D eigenvalue weighted by atomic mass is 32.2. The second-order valence-corrected chi connectivity index (χ2v) is 7.31. The van der Waals surface area contributed by atoms with E-state index in [0.717, 1.165) is 24.8 Å². The first-order valence-corrected chi connectivity index (χ1v) is 8.23. The molecule has 4 nitrogen and oxygen atoms in total. The van der Waals surface area contributed by atoms with Crippen LogP contribution >= 0.6 is 0 Å². The Labute approximate surface area is 115 Å². The number of benzene rings is 1. The minimum atomic E-state index is -3.50. The van der Waals surface area contributed by atoms with Gasteiger partial charge in [0.2, 0.25) is 10.0 Å². The number of sulfonamides is 1. The van der Waals surface area contributed by atoms with Crippen molar-refractivity contribution in [1.29, 1.82) is 0 Å². The molecule has 1 aromatic carbocycles. The van der Waals surface area contributed by atoms with Crippen LogP contribution in [0.4, 0.5) is 5.69 Å². The van der Waals surface area contributed by atoms with Crippen molar-refractivity contribution in [3.63, 3.8) is 0 Å². The van der Waals surface area contributed by atoms with E-state index in [1.54, 1.807) is 18.2 Å². The summed E-state index contributed by atoms with van der Waals surface area (Å²) in [6, 6.07) is 5.03. The van der Waals surface area contributed by atoms with E-state index < -0.39 is 10.0 Å². The molecule has 1 aliphatic carbocycles. The van der Waals surface area contributed by atoms with E-state index in [1.165, 1.54) is 6.42 Å². The second kappa shape index (κ2) is 5.13. The zero-order valence-corrected chi connectivity index (χ0v) is 12.4. The Kier molecular flexibility index (Phi) is 3.87. The number of nitrogens with one attached hydrogen (secondary N) is 1. The van der Waals surface area contributed by atoms with E-state index in [4.69, 9.17) is 5.73 Å². The molecule has 1 aromatic rings. The molecule has 1 aliphatic rings. The lowest BCUT2D eigenvalue weighted by Crippen LogP contribution is -2.41. The number of aryl methyl sites for hydroxylation is 1. The Hall–Kier alpha value is -1.07. The Bertz CT molecular complexity index is 557. The number of anilines is 1. The Morgan fingerprint density at radius 1 is 1.37 bits per heavy atom. The Morgan fingerprint density at radius 2 is 2.05 bits per heavy atom. The van der Waals surface area contributed by atoms with Crippen molar-refractivity contribution >= 4 is 15.7 Å². The summed E-state index contributed by atoms with van der Waals surface area (Å²) in [5.74, 6) is 0. The van der Waals surface area contributed by atoms with Crippen molar-refractivity contribution in [2.75, 3.05) is 12.3 Å². The largest absolute Gasteiger partial charge is 0.398 e. The third kappa shape index (κ3) is 2.92. The van der Waals surface area contributed by atoms with Crippen molar-refractivity contribution in [1.82, 2.24) is 4.72 Å². The van der Waals surface area contributed by atoms with Gasteiger partial charge in [0.15, 0.2) is 0 Å². The molecule has 0 spiro atoms. The summed E-state index contributed by atoms with van der Waals surface area (Å²) in [5.41, 5.74) is 7.24. The second-order valence-electron chi connectivity index (χ2n) is 5.57. The molecular formula is C14H22N2O2S. The van der Waals surface area contributed by atoms with Gasteiger partial charge in [-0.15, -0.1) is 0 Å². The van der Waals surface area contributed by atoms with Crippen LogP contribution in [-0.2, 0) is 10.0 Å². The molecule has 106 valence electrons. The molecule has 0 aliphatic heterocycles. The van der Waals surface area contributed by atoms with Crippen LogP contribution in [0.25, 0.3) is 0 Å². The van der Waals surface area contributed by atoms with E-state index >= 15 is 0 Å². The van der Waals surface area contributed by atoms with Gasteiger partial charge < -0.3 is 5.73 Å². The highest BCUT2D eigenvalue weighted by molar-refractivity contribution is 7.89. The summed E-state index contributed by atoms with van der Waals surface area (Å²) in [4.78, 5) is 0.184. The lowest BCUT2D eigenvalue weighted by Gasteiger charge is -2.41. The van der Waals surface area contributed by atoms with Crippen molar-refractivity contribution in [3.05, 3.63) is 23.8 Å². The summed E-state index contributed by atoms with van der Waals surface area (Å²) in [7, 11) is -3.50. The average Bonchev–Trinajstić information content (AvgIpc) is 2.27. The molecule has 0 amide bonds. The normalized spacial score (nSPS) is 18.0. The monoisotopic (exact) mass is 282 g/mol. The van der Waals surface area contributed by atoms with Gasteiger partial charge >= 0.3 is 0 Å². The van der Waals surface area contributed by atoms with Gasteiger partial charge in [0.1, 0.15) is 4.90 Å². The van der Waals surface area contributed by atoms with E-state index in [-0.39, 0.29) is 10.3 Å². The molecule has 0 atom stereocenters. The fourth-order valence-corrected chi connectivity index (χ4v) is 3.84. The van der Waals surface area contributed by atoms with Crippen LogP contribution in [0.2, 0.25) is 0 Å². The summed E-state index contributed by atoms with van der Waals surface area (Å²) >= 11 is 0. The first-order chi connectivity index (χ1) is 8.88. The van der Waals surface area contributed by atoms with Crippen LogP contribution in [-0.4, -0.2) is 15.0 Å². The molecule has 3 N–H and O–H groups in total. The van der Waals surface area contributed by atoms with Gasteiger partial charge in [0.25, 0.3) is 0 Å². The molecule has 0 unspecified atom stereocenters. The van der Waals surface area contributed by atoms with E-state index in [9.17, 15) is 8.42 Å². The first kappa shape index (κ1) is 14.3. The smallest absolute Gasteiger partial charge is 0.242 e. The third-order valence-electron chi connectivity index (χ3n) is 4.26. The quantitative estimate of drug-likeness (QED) is 0.815. The molecular weight excluding hydrogens is 260 g/mol. The van der Waals surface area contributed by atoms with Crippen LogP contribution in [0.15, 0.2) is 23.1 Å². The van der Waals surface area contributed by atoms with E-state index in [0.29, 0.717) is 12.2 Å². The minimum absolute atomic E-state index is 0.159. The lowest BCUT2D eigenvalue weighted by molar-refractivity contribution is 0.133.